The number of aryl methyl sites for hydroxylation is 1. The maximum absolute atomic E-state index is 12.2. The first-order valence-corrected chi connectivity index (χ1v) is 7.24. The molecule has 1 fully saturated rings. The molecule has 0 aliphatic carbocycles. The Labute approximate surface area is 115 Å². The lowest BCUT2D eigenvalue weighted by molar-refractivity contribution is -0.131. The number of carbonyl (C=O) groups excluding carboxylic acids is 1. The minimum absolute atomic E-state index is 0.202. The SMILES string of the molecule is CC1(C(=O)NCCCc2ccccc2)CCCNC1. The first-order chi connectivity index (χ1) is 9.21. The summed E-state index contributed by atoms with van der Waals surface area (Å²) in [7, 11) is 0. The standard InChI is InChI=1S/C16H24N2O/c1-16(10-6-11-17-13-16)15(19)18-12-5-9-14-7-3-2-4-8-14/h2-4,7-8,17H,5-6,9-13H2,1H3,(H,18,19). The first-order valence-electron chi connectivity index (χ1n) is 7.24. The normalized spacial score (nSPS) is 23.0. The summed E-state index contributed by atoms with van der Waals surface area (Å²) in [5.74, 6) is 0.202. The second-order valence-electron chi connectivity index (χ2n) is 5.69. The van der Waals surface area contributed by atoms with Crippen molar-refractivity contribution >= 4 is 5.91 Å². The van der Waals surface area contributed by atoms with Crippen LogP contribution in [-0.2, 0) is 11.2 Å². The molecule has 0 saturated carbocycles. The average molecular weight is 260 g/mol. The lowest BCUT2D eigenvalue weighted by Crippen LogP contribution is -2.48. The molecule has 1 heterocycles. The average Bonchev–Trinajstić information content (AvgIpc) is 2.45. The molecule has 1 atom stereocenters. The predicted octanol–water partition coefficient (Wildman–Crippen LogP) is 2.13. The fourth-order valence-electron chi connectivity index (χ4n) is 2.60. The van der Waals surface area contributed by atoms with Crippen LogP contribution in [0.25, 0.3) is 0 Å². The van der Waals surface area contributed by atoms with E-state index < -0.39 is 0 Å². The number of piperidine rings is 1. The van der Waals surface area contributed by atoms with Crippen molar-refractivity contribution in [2.45, 2.75) is 32.6 Å². The summed E-state index contributed by atoms with van der Waals surface area (Å²) in [4.78, 5) is 12.2. The van der Waals surface area contributed by atoms with Gasteiger partial charge in [0.05, 0.1) is 5.41 Å². The minimum Gasteiger partial charge on any atom is -0.356 e. The van der Waals surface area contributed by atoms with Crippen LogP contribution in [0.1, 0.15) is 31.7 Å². The molecule has 19 heavy (non-hydrogen) atoms. The van der Waals surface area contributed by atoms with Crippen LogP contribution in [0.15, 0.2) is 30.3 Å². The lowest BCUT2D eigenvalue weighted by atomic mass is 9.82. The third kappa shape index (κ3) is 4.06. The van der Waals surface area contributed by atoms with Gasteiger partial charge in [0.2, 0.25) is 5.91 Å². The Kier molecular flexibility index (Phi) is 4.97. The van der Waals surface area contributed by atoms with E-state index in [4.69, 9.17) is 0 Å². The number of benzene rings is 1. The van der Waals surface area contributed by atoms with Gasteiger partial charge in [-0.05, 0) is 44.7 Å². The number of amides is 1. The molecule has 1 unspecified atom stereocenters. The first kappa shape index (κ1) is 14.1. The maximum atomic E-state index is 12.2. The zero-order valence-corrected chi connectivity index (χ0v) is 11.7. The third-order valence-electron chi connectivity index (χ3n) is 3.92. The molecule has 2 N–H and O–H groups in total. The van der Waals surface area contributed by atoms with Gasteiger partial charge in [0.15, 0.2) is 0 Å². The lowest BCUT2D eigenvalue weighted by Gasteiger charge is -2.32. The molecule has 0 spiro atoms. The van der Waals surface area contributed by atoms with Crippen molar-refractivity contribution in [1.29, 1.82) is 0 Å². The van der Waals surface area contributed by atoms with Gasteiger partial charge in [-0.3, -0.25) is 4.79 Å². The van der Waals surface area contributed by atoms with Gasteiger partial charge in [-0.1, -0.05) is 30.3 Å². The van der Waals surface area contributed by atoms with Gasteiger partial charge < -0.3 is 10.6 Å². The van der Waals surface area contributed by atoms with Crippen LogP contribution in [-0.4, -0.2) is 25.5 Å². The summed E-state index contributed by atoms with van der Waals surface area (Å²) in [6.07, 6.45) is 4.10. The fraction of sp³-hybridized carbons (Fsp3) is 0.562. The molecule has 3 heteroatoms. The quantitative estimate of drug-likeness (QED) is 0.796. The van der Waals surface area contributed by atoms with Crippen LogP contribution in [0.3, 0.4) is 0 Å². The molecule has 104 valence electrons. The molecule has 0 bridgehead atoms. The van der Waals surface area contributed by atoms with E-state index in [9.17, 15) is 4.79 Å². The second-order valence-corrected chi connectivity index (χ2v) is 5.69. The fourth-order valence-corrected chi connectivity index (χ4v) is 2.60. The van der Waals surface area contributed by atoms with Gasteiger partial charge in [-0.2, -0.15) is 0 Å². The smallest absolute Gasteiger partial charge is 0.227 e. The van der Waals surface area contributed by atoms with Crippen LogP contribution in [0, 0.1) is 5.41 Å². The van der Waals surface area contributed by atoms with E-state index in [1.807, 2.05) is 6.07 Å². The number of nitrogens with one attached hydrogen (secondary N) is 2. The summed E-state index contributed by atoms with van der Waals surface area (Å²) in [5.41, 5.74) is 1.12. The Bertz CT molecular complexity index is 396. The van der Waals surface area contributed by atoms with E-state index in [2.05, 4.69) is 41.8 Å². The predicted molar refractivity (Wildman–Crippen MR) is 78.0 cm³/mol. The van der Waals surface area contributed by atoms with Gasteiger partial charge in [0, 0.05) is 13.1 Å². The van der Waals surface area contributed by atoms with Crippen LogP contribution >= 0.6 is 0 Å². The maximum Gasteiger partial charge on any atom is 0.227 e. The molecular formula is C16H24N2O. The Balaban J connectivity index is 1.69. The highest BCUT2D eigenvalue weighted by molar-refractivity contribution is 5.82. The summed E-state index contributed by atoms with van der Waals surface area (Å²) >= 11 is 0. The van der Waals surface area contributed by atoms with Gasteiger partial charge in [-0.25, -0.2) is 0 Å². The van der Waals surface area contributed by atoms with Crippen molar-refractivity contribution in [1.82, 2.24) is 10.6 Å². The summed E-state index contributed by atoms with van der Waals surface area (Å²) < 4.78 is 0. The number of hydrogen-bond acceptors (Lipinski definition) is 2. The van der Waals surface area contributed by atoms with E-state index in [0.29, 0.717) is 0 Å². The van der Waals surface area contributed by atoms with Crippen LogP contribution in [0.5, 0.6) is 0 Å². The number of hydrogen-bond donors (Lipinski definition) is 2. The monoisotopic (exact) mass is 260 g/mol. The summed E-state index contributed by atoms with van der Waals surface area (Å²) in [6, 6.07) is 10.4. The van der Waals surface area contributed by atoms with Crippen LogP contribution in [0.2, 0.25) is 0 Å². The summed E-state index contributed by atoms with van der Waals surface area (Å²) in [5, 5.41) is 6.40. The van der Waals surface area contributed by atoms with Gasteiger partial charge in [0.1, 0.15) is 0 Å². The molecule has 1 saturated heterocycles. The Morgan fingerprint density at radius 1 is 1.37 bits per heavy atom. The Hall–Kier alpha value is -1.35. The molecular weight excluding hydrogens is 236 g/mol. The highest BCUT2D eigenvalue weighted by Gasteiger charge is 2.34. The molecule has 1 aliphatic heterocycles. The van der Waals surface area contributed by atoms with E-state index in [1.54, 1.807) is 0 Å². The zero-order valence-electron chi connectivity index (χ0n) is 11.7. The molecule has 0 radical (unpaired) electrons. The van der Waals surface area contributed by atoms with E-state index in [-0.39, 0.29) is 11.3 Å². The van der Waals surface area contributed by atoms with Crippen molar-refractivity contribution in [2.24, 2.45) is 5.41 Å². The molecule has 1 aromatic carbocycles. The summed E-state index contributed by atoms with van der Waals surface area (Å²) in [6.45, 7) is 4.67. The van der Waals surface area contributed by atoms with E-state index in [0.717, 1.165) is 45.3 Å². The highest BCUT2D eigenvalue weighted by atomic mass is 16.2. The van der Waals surface area contributed by atoms with Crippen molar-refractivity contribution in [3.05, 3.63) is 35.9 Å². The molecule has 1 aliphatic rings. The topological polar surface area (TPSA) is 41.1 Å². The molecule has 3 nitrogen and oxygen atoms in total. The molecule has 1 aromatic rings. The van der Waals surface area contributed by atoms with Crippen molar-refractivity contribution in [3.8, 4) is 0 Å². The highest BCUT2D eigenvalue weighted by Crippen LogP contribution is 2.25. The number of carbonyl (C=O) groups is 1. The molecule has 0 aromatic heterocycles. The zero-order chi connectivity index (χ0) is 13.6. The molecule has 2 rings (SSSR count). The van der Waals surface area contributed by atoms with Crippen molar-refractivity contribution in [2.75, 3.05) is 19.6 Å². The van der Waals surface area contributed by atoms with Crippen molar-refractivity contribution in [3.63, 3.8) is 0 Å². The largest absolute Gasteiger partial charge is 0.356 e. The van der Waals surface area contributed by atoms with Gasteiger partial charge in [-0.15, -0.1) is 0 Å². The third-order valence-corrected chi connectivity index (χ3v) is 3.92. The number of rotatable bonds is 5. The minimum atomic E-state index is -0.217. The van der Waals surface area contributed by atoms with E-state index in [1.165, 1.54) is 5.56 Å². The van der Waals surface area contributed by atoms with Gasteiger partial charge in [0.25, 0.3) is 0 Å². The Morgan fingerprint density at radius 3 is 2.84 bits per heavy atom. The second kappa shape index (κ2) is 6.71. The van der Waals surface area contributed by atoms with E-state index >= 15 is 0 Å². The Morgan fingerprint density at radius 2 is 2.16 bits per heavy atom. The molecule has 1 amide bonds. The van der Waals surface area contributed by atoms with Gasteiger partial charge >= 0.3 is 0 Å². The van der Waals surface area contributed by atoms with Crippen LogP contribution < -0.4 is 10.6 Å². The van der Waals surface area contributed by atoms with Crippen LogP contribution in [0.4, 0.5) is 0 Å². The van der Waals surface area contributed by atoms with Crippen molar-refractivity contribution < 1.29 is 4.79 Å².